The van der Waals surface area contributed by atoms with Crippen LogP contribution in [0.25, 0.3) is 11.5 Å². The summed E-state index contributed by atoms with van der Waals surface area (Å²) in [4.78, 5) is 4.68. The zero-order valence-electron chi connectivity index (χ0n) is 16.9. The summed E-state index contributed by atoms with van der Waals surface area (Å²) in [5.41, 5.74) is 2.29. The lowest BCUT2D eigenvalue weighted by atomic mass is 10.2. The first kappa shape index (κ1) is 19.8. The van der Waals surface area contributed by atoms with Gasteiger partial charge >= 0.3 is 0 Å². The number of likely N-dealkylation sites (N-methyl/N-ethyl adjacent to an activating group) is 1. The molecule has 0 spiro atoms. The first-order valence-corrected chi connectivity index (χ1v) is 10.2. The van der Waals surface area contributed by atoms with Crippen LogP contribution in [0.5, 0.6) is 0 Å². The molecule has 4 rings (SSSR count). The average Bonchev–Trinajstić information content (AvgIpc) is 3.09. The molecule has 3 aromatic rings. The van der Waals surface area contributed by atoms with Crippen LogP contribution in [-0.2, 0) is 17.8 Å². The lowest BCUT2D eigenvalue weighted by molar-refractivity contribution is 0.0284. The molecule has 6 heteroatoms. The van der Waals surface area contributed by atoms with Gasteiger partial charge in [0.25, 0.3) is 0 Å². The van der Waals surface area contributed by atoms with E-state index in [2.05, 4.69) is 57.4 Å². The summed E-state index contributed by atoms with van der Waals surface area (Å²) in [5, 5.41) is 8.38. The van der Waals surface area contributed by atoms with Crippen molar-refractivity contribution in [2.75, 3.05) is 33.3 Å². The van der Waals surface area contributed by atoms with Crippen molar-refractivity contribution >= 4 is 0 Å². The van der Waals surface area contributed by atoms with E-state index >= 15 is 0 Å². The van der Waals surface area contributed by atoms with Crippen LogP contribution in [0, 0.1) is 0 Å². The third-order valence-corrected chi connectivity index (χ3v) is 5.09. The minimum atomic E-state index is 0.169. The molecule has 0 radical (unpaired) electrons. The van der Waals surface area contributed by atoms with Gasteiger partial charge in [0.1, 0.15) is 0 Å². The van der Waals surface area contributed by atoms with Gasteiger partial charge in [0.15, 0.2) is 0 Å². The summed E-state index contributed by atoms with van der Waals surface area (Å²) in [5.74, 6) is 1.19. The maximum atomic E-state index is 6.10. The van der Waals surface area contributed by atoms with Gasteiger partial charge in [-0.15, -0.1) is 10.2 Å². The number of nitrogens with zero attached hydrogens (tertiary/aromatic N) is 4. The molecule has 2 aromatic carbocycles. The molecule has 1 fully saturated rings. The Labute approximate surface area is 172 Å². The zero-order chi connectivity index (χ0) is 19.9. The normalized spacial score (nSPS) is 18.1. The van der Waals surface area contributed by atoms with Crippen LogP contribution in [0.15, 0.2) is 65.1 Å². The minimum Gasteiger partial charge on any atom is -0.419 e. The molecule has 6 nitrogen and oxygen atoms in total. The van der Waals surface area contributed by atoms with Gasteiger partial charge in [0.05, 0.1) is 12.6 Å². The zero-order valence-corrected chi connectivity index (χ0v) is 16.9. The molecular formula is C23H28N4O2. The average molecular weight is 393 g/mol. The van der Waals surface area contributed by atoms with Crippen molar-refractivity contribution in [3.8, 4) is 11.5 Å². The van der Waals surface area contributed by atoms with Crippen molar-refractivity contribution in [3.05, 3.63) is 72.1 Å². The number of aromatic nitrogens is 2. The predicted octanol–water partition coefficient (Wildman–Crippen LogP) is 3.46. The van der Waals surface area contributed by atoms with Gasteiger partial charge in [-0.05, 0) is 31.2 Å². The summed E-state index contributed by atoms with van der Waals surface area (Å²) >= 11 is 0. The topological polar surface area (TPSA) is 54.6 Å². The van der Waals surface area contributed by atoms with E-state index in [-0.39, 0.29) is 6.10 Å². The predicted molar refractivity (Wildman–Crippen MR) is 112 cm³/mol. The second-order valence-electron chi connectivity index (χ2n) is 7.63. The monoisotopic (exact) mass is 392 g/mol. The first-order chi connectivity index (χ1) is 14.3. The molecule has 1 aliphatic rings. The molecule has 2 heterocycles. The Morgan fingerprint density at radius 2 is 1.79 bits per heavy atom. The molecular weight excluding hydrogens is 364 g/mol. The minimum absolute atomic E-state index is 0.169. The molecule has 0 aliphatic carbocycles. The van der Waals surface area contributed by atoms with Gasteiger partial charge in [-0.25, -0.2) is 0 Å². The Bertz CT molecular complexity index is 869. The SMILES string of the molecule is CN(Cc1nnc(-c2ccccc2)o1)CC1CN(Cc2ccccc2)CCCO1. The van der Waals surface area contributed by atoms with Gasteiger partial charge < -0.3 is 9.15 Å². The van der Waals surface area contributed by atoms with E-state index in [1.54, 1.807) is 0 Å². The van der Waals surface area contributed by atoms with E-state index in [9.17, 15) is 0 Å². The van der Waals surface area contributed by atoms with Crippen molar-refractivity contribution in [1.29, 1.82) is 0 Å². The Morgan fingerprint density at radius 1 is 1.03 bits per heavy atom. The third-order valence-electron chi connectivity index (χ3n) is 5.09. The lowest BCUT2D eigenvalue weighted by Crippen LogP contribution is -2.38. The van der Waals surface area contributed by atoms with Crippen molar-refractivity contribution in [2.45, 2.75) is 25.6 Å². The molecule has 1 aliphatic heterocycles. The van der Waals surface area contributed by atoms with E-state index < -0.39 is 0 Å². The number of benzene rings is 2. The molecule has 0 saturated carbocycles. The van der Waals surface area contributed by atoms with E-state index in [0.717, 1.165) is 44.8 Å². The second kappa shape index (κ2) is 9.78. The van der Waals surface area contributed by atoms with Crippen LogP contribution in [-0.4, -0.2) is 59.4 Å². The standard InChI is InChI=1S/C23H28N4O2/c1-26(18-22-24-25-23(29-22)20-11-6-3-7-12-20)16-21-17-27(13-8-14-28-21)15-19-9-4-2-5-10-19/h2-7,9-12,21H,8,13-18H2,1H3. The molecule has 1 atom stereocenters. The van der Waals surface area contributed by atoms with Crippen molar-refractivity contribution < 1.29 is 9.15 Å². The van der Waals surface area contributed by atoms with Crippen molar-refractivity contribution in [3.63, 3.8) is 0 Å². The molecule has 29 heavy (non-hydrogen) atoms. The second-order valence-corrected chi connectivity index (χ2v) is 7.63. The lowest BCUT2D eigenvalue weighted by Gasteiger charge is -2.26. The highest BCUT2D eigenvalue weighted by atomic mass is 16.5. The van der Waals surface area contributed by atoms with Gasteiger partial charge in [-0.1, -0.05) is 48.5 Å². The van der Waals surface area contributed by atoms with Gasteiger partial charge in [-0.3, -0.25) is 9.80 Å². The van der Waals surface area contributed by atoms with Gasteiger partial charge in [0.2, 0.25) is 11.8 Å². The molecule has 1 aromatic heterocycles. The molecule has 0 N–H and O–H groups in total. The maximum absolute atomic E-state index is 6.10. The van der Waals surface area contributed by atoms with Crippen LogP contribution in [0.4, 0.5) is 0 Å². The Kier molecular flexibility index (Phi) is 6.67. The fourth-order valence-corrected chi connectivity index (χ4v) is 3.72. The number of rotatable bonds is 7. The highest BCUT2D eigenvalue weighted by Gasteiger charge is 2.21. The summed E-state index contributed by atoms with van der Waals surface area (Å²) in [7, 11) is 2.07. The van der Waals surface area contributed by atoms with E-state index in [4.69, 9.17) is 9.15 Å². The van der Waals surface area contributed by atoms with Crippen LogP contribution in [0.3, 0.4) is 0 Å². The Balaban J connectivity index is 1.31. The number of hydrogen-bond acceptors (Lipinski definition) is 6. The molecule has 1 unspecified atom stereocenters. The summed E-state index contributed by atoms with van der Waals surface area (Å²) in [6, 6.07) is 20.5. The summed E-state index contributed by atoms with van der Waals surface area (Å²) in [6.45, 7) is 5.21. The van der Waals surface area contributed by atoms with Gasteiger partial charge in [-0.2, -0.15) is 0 Å². The third kappa shape index (κ3) is 5.73. The smallest absolute Gasteiger partial charge is 0.247 e. The fraction of sp³-hybridized carbons (Fsp3) is 0.391. The molecule has 0 bridgehead atoms. The van der Waals surface area contributed by atoms with Crippen molar-refractivity contribution in [1.82, 2.24) is 20.0 Å². The summed E-state index contributed by atoms with van der Waals surface area (Å²) < 4.78 is 11.9. The Morgan fingerprint density at radius 3 is 2.59 bits per heavy atom. The van der Waals surface area contributed by atoms with Crippen LogP contribution in [0.1, 0.15) is 17.9 Å². The number of hydrogen-bond donors (Lipinski definition) is 0. The van der Waals surface area contributed by atoms with Crippen molar-refractivity contribution in [2.24, 2.45) is 0 Å². The number of ether oxygens (including phenoxy) is 1. The van der Waals surface area contributed by atoms with E-state index in [1.807, 2.05) is 30.3 Å². The molecule has 0 amide bonds. The quantitative estimate of drug-likeness (QED) is 0.614. The highest BCUT2D eigenvalue weighted by molar-refractivity contribution is 5.51. The van der Waals surface area contributed by atoms with E-state index in [0.29, 0.717) is 18.3 Å². The molecule has 152 valence electrons. The maximum Gasteiger partial charge on any atom is 0.247 e. The first-order valence-electron chi connectivity index (χ1n) is 10.2. The van der Waals surface area contributed by atoms with Crippen LogP contribution < -0.4 is 0 Å². The van der Waals surface area contributed by atoms with Gasteiger partial charge in [0, 0.05) is 38.3 Å². The summed E-state index contributed by atoms with van der Waals surface area (Å²) in [6.07, 6.45) is 1.24. The Hall–Kier alpha value is -2.54. The fourth-order valence-electron chi connectivity index (χ4n) is 3.72. The van der Waals surface area contributed by atoms with Crippen LogP contribution >= 0.6 is 0 Å². The van der Waals surface area contributed by atoms with E-state index in [1.165, 1.54) is 5.56 Å². The highest BCUT2D eigenvalue weighted by Crippen LogP contribution is 2.18. The molecule has 1 saturated heterocycles. The van der Waals surface area contributed by atoms with Crippen LogP contribution in [0.2, 0.25) is 0 Å². The largest absolute Gasteiger partial charge is 0.419 e.